The van der Waals surface area contributed by atoms with E-state index < -0.39 is 55.7 Å². The van der Waals surface area contributed by atoms with Crippen LogP contribution in [0, 0.1) is 29.1 Å². The number of methoxy groups -OCH3 is 1. The van der Waals surface area contributed by atoms with Crippen LogP contribution in [0.5, 0.6) is 11.8 Å². The molecule has 12 nitrogen and oxygen atoms in total. The lowest BCUT2D eigenvalue weighted by Crippen LogP contribution is -2.48. The lowest BCUT2D eigenvalue weighted by Gasteiger charge is -2.33. The highest BCUT2D eigenvalue weighted by Gasteiger charge is 2.62. The molecule has 0 unspecified atom stereocenters. The normalized spacial score (nSPS) is 30.3. The van der Waals surface area contributed by atoms with Crippen LogP contribution < -0.4 is 14.2 Å². The predicted molar refractivity (Wildman–Crippen MR) is 208 cm³/mol. The minimum atomic E-state index is -3.95. The molecule has 1 N–H and O–H groups in total. The zero-order valence-electron chi connectivity index (χ0n) is 33.3. The summed E-state index contributed by atoms with van der Waals surface area (Å²) in [4.78, 5) is 63.3. The summed E-state index contributed by atoms with van der Waals surface area (Å²) in [6.45, 7) is 11.2. The second kappa shape index (κ2) is 15.5. The predicted octanol–water partition coefficient (Wildman–Crippen LogP) is 6.31. The Bertz CT molecular complexity index is 1950. The summed E-state index contributed by atoms with van der Waals surface area (Å²) in [5.41, 5.74) is -2.02. The fourth-order valence-corrected chi connectivity index (χ4v) is 9.73. The number of amides is 2. The lowest BCUT2D eigenvalue weighted by molar-refractivity contribution is -0.160. The molecule has 0 spiro atoms. The molecule has 1 aromatic carbocycles. The van der Waals surface area contributed by atoms with Gasteiger partial charge in [-0.15, -0.1) is 0 Å². The number of hydrogen-bond donors (Lipinski definition) is 1. The summed E-state index contributed by atoms with van der Waals surface area (Å²) >= 11 is 0. The van der Waals surface area contributed by atoms with Crippen LogP contribution in [-0.2, 0) is 33.9 Å². The van der Waals surface area contributed by atoms with Crippen LogP contribution in [0.25, 0.3) is 10.8 Å². The highest BCUT2D eigenvalue weighted by Crippen LogP contribution is 2.58. The van der Waals surface area contributed by atoms with Gasteiger partial charge in [0.25, 0.3) is 0 Å². The Morgan fingerprint density at radius 3 is 2.51 bits per heavy atom. The molecule has 1 aromatic heterocycles. The Kier molecular flexibility index (Phi) is 11.5. The number of ketones is 1. The van der Waals surface area contributed by atoms with E-state index >= 15 is 4.79 Å². The largest absolute Gasteiger partial charge is 0.481 e. The third-order valence-electron chi connectivity index (χ3n) is 12.1. The molecule has 3 fully saturated rings. The number of pyridine rings is 1. The molecule has 2 aromatic rings. The number of allylic oxidation sites excluding steroid dienone is 2. The monoisotopic (exact) mass is 779 g/mol. The smallest absolute Gasteiger partial charge is 0.307 e. The van der Waals surface area contributed by atoms with Crippen LogP contribution in [0.3, 0.4) is 0 Å². The van der Waals surface area contributed by atoms with Crippen LogP contribution in [0.4, 0.5) is 0 Å². The zero-order valence-corrected chi connectivity index (χ0v) is 34.1. The first-order valence-corrected chi connectivity index (χ1v) is 21.3. The van der Waals surface area contributed by atoms with Gasteiger partial charge < -0.3 is 19.1 Å². The molecule has 1 saturated heterocycles. The second-order valence-corrected chi connectivity index (χ2v) is 19.8. The van der Waals surface area contributed by atoms with Crippen molar-refractivity contribution in [2.75, 3.05) is 13.7 Å². The van der Waals surface area contributed by atoms with Gasteiger partial charge in [-0.3, -0.25) is 23.9 Å². The molecule has 0 radical (unpaired) electrons. The van der Waals surface area contributed by atoms with Crippen molar-refractivity contribution in [1.82, 2.24) is 14.6 Å². The van der Waals surface area contributed by atoms with Crippen molar-refractivity contribution >= 4 is 44.4 Å². The Balaban J connectivity index is 1.37. The zero-order chi connectivity index (χ0) is 39.9. The SMILES string of the molecule is CC[C@@H]1C[C@@H](C)CC/C=C\[C@@H]2C[C@@]2(C(=O)NS(=O)(=O)C2(C)CC2)CC(=O)[C@@H]2C[C@@H](Oc3nc(OC)cc4ccccc34)CN2C(=O)[C@H]1CC(=O)OC(C)(C)C. The van der Waals surface area contributed by atoms with E-state index in [9.17, 15) is 22.8 Å². The first-order valence-electron chi connectivity index (χ1n) is 19.8. The molecular weight excluding hydrogens is 723 g/mol. The fourth-order valence-electron chi connectivity index (χ4n) is 8.40. The van der Waals surface area contributed by atoms with Crippen molar-refractivity contribution in [3.05, 3.63) is 42.5 Å². The van der Waals surface area contributed by atoms with E-state index in [1.165, 1.54) is 12.0 Å². The van der Waals surface area contributed by atoms with E-state index in [0.29, 0.717) is 43.9 Å². The molecule has 0 bridgehead atoms. The Hall–Kier alpha value is -4.00. The van der Waals surface area contributed by atoms with E-state index in [-0.39, 0.29) is 55.3 Å². The van der Waals surface area contributed by atoms with Crippen molar-refractivity contribution in [1.29, 1.82) is 0 Å². The number of aromatic nitrogens is 1. The maximum absolute atomic E-state index is 15.0. The standard InChI is InChI=1S/C42H57N3O9S/c1-8-27-19-26(2)13-9-11-15-29-23-42(29,39(49)44-55(50,51)41(6)17-18-41)24-34(46)33-21-30(25-45(33)38(48)32(27)22-36(47)54-40(3,4)5)53-37-31-16-12-10-14-28(31)20-35(43-37)52-7/h10-12,14-16,20,26-27,29-30,32-33H,8-9,13,17-19,21-25H2,1-7H3,(H,44,49)/b15-11-/t26-,27+,29+,30+,32-,33-,42+/m0/s1. The maximum Gasteiger partial charge on any atom is 0.307 e. The minimum Gasteiger partial charge on any atom is -0.481 e. The average molecular weight is 780 g/mol. The molecule has 55 heavy (non-hydrogen) atoms. The number of benzene rings is 1. The number of Topliss-reactive ketones (excluding diaryl/α,β-unsaturated/α-hetero) is 1. The molecule has 3 heterocycles. The molecule has 13 heteroatoms. The molecule has 300 valence electrons. The van der Waals surface area contributed by atoms with Crippen molar-refractivity contribution in [3.8, 4) is 11.8 Å². The fraction of sp³-hybridized carbons (Fsp3) is 0.643. The van der Waals surface area contributed by atoms with Gasteiger partial charge in [-0.1, -0.05) is 50.6 Å². The summed E-state index contributed by atoms with van der Waals surface area (Å²) < 4.78 is 45.6. The molecule has 7 atom stereocenters. The minimum absolute atomic E-state index is 0.0501. The molecule has 2 amide bonds. The molecular formula is C42H57N3O9S. The number of nitrogens with zero attached hydrogens (tertiary/aromatic N) is 2. The van der Waals surface area contributed by atoms with Gasteiger partial charge in [0, 0.05) is 24.3 Å². The van der Waals surface area contributed by atoms with Gasteiger partial charge in [0.2, 0.25) is 33.6 Å². The van der Waals surface area contributed by atoms with Crippen LogP contribution in [0.2, 0.25) is 0 Å². The van der Waals surface area contributed by atoms with E-state index in [2.05, 4.69) is 16.6 Å². The summed E-state index contributed by atoms with van der Waals surface area (Å²) in [5, 5.41) is 1.58. The van der Waals surface area contributed by atoms with Gasteiger partial charge in [0.05, 0.1) is 42.2 Å². The summed E-state index contributed by atoms with van der Waals surface area (Å²) in [6.07, 6.45) is 7.19. The molecule has 2 aliphatic heterocycles. The van der Waals surface area contributed by atoms with Crippen LogP contribution in [0.15, 0.2) is 42.5 Å². The van der Waals surface area contributed by atoms with Gasteiger partial charge in [0.1, 0.15) is 11.7 Å². The highest BCUT2D eigenvalue weighted by molar-refractivity contribution is 7.91. The van der Waals surface area contributed by atoms with Gasteiger partial charge in [0.15, 0.2) is 5.78 Å². The van der Waals surface area contributed by atoms with E-state index in [0.717, 1.165) is 23.6 Å². The summed E-state index contributed by atoms with van der Waals surface area (Å²) in [7, 11) is -2.44. The van der Waals surface area contributed by atoms with Gasteiger partial charge in [-0.25, -0.2) is 8.42 Å². The highest BCUT2D eigenvalue weighted by atomic mass is 32.2. The van der Waals surface area contributed by atoms with Crippen molar-refractivity contribution in [2.24, 2.45) is 29.1 Å². The topological polar surface area (TPSA) is 158 Å². The number of carbonyl (C=O) groups is 4. The van der Waals surface area contributed by atoms with Crippen molar-refractivity contribution < 1.29 is 41.8 Å². The van der Waals surface area contributed by atoms with Crippen LogP contribution in [-0.4, -0.2) is 78.0 Å². The summed E-state index contributed by atoms with van der Waals surface area (Å²) in [5.74, 6) is -2.23. The number of nitrogens with one attached hydrogen (secondary N) is 1. The number of sulfonamides is 1. The number of rotatable bonds is 9. The third-order valence-corrected chi connectivity index (χ3v) is 14.3. The van der Waals surface area contributed by atoms with Gasteiger partial charge >= 0.3 is 5.97 Å². The Morgan fingerprint density at radius 1 is 1.11 bits per heavy atom. The lowest BCUT2D eigenvalue weighted by atomic mass is 9.79. The van der Waals surface area contributed by atoms with Crippen LogP contribution in [0.1, 0.15) is 106 Å². The van der Waals surface area contributed by atoms with Gasteiger partial charge in [-0.05, 0) is 95.4 Å². The molecule has 2 aliphatic carbocycles. The molecule has 6 rings (SSSR count). The number of hydrogen-bond acceptors (Lipinski definition) is 10. The molecule has 4 aliphatic rings. The van der Waals surface area contributed by atoms with E-state index in [4.69, 9.17) is 14.2 Å². The maximum atomic E-state index is 15.0. The number of ether oxygens (including phenoxy) is 3. The van der Waals surface area contributed by atoms with E-state index in [1.807, 2.05) is 43.3 Å². The average Bonchev–Trinajstić information content (AvgIpc) is 4.00. The molecule has 2 saturated carbocycles. The first kappa shape index (κ1) is 40.7. The van der Waals surface area contributed by atoms with Crippen molar-refractivity contribution in [3.63, 3.8) is 0 Å². The van der Waals surface area contributed by atoms with Crippen molar-refractivity contribution in [2.45, 2.75) is 128 Å². The quantitative estimate of drug-likeness (QED) is 0.226. The number of carbonyl (C=O) groups excluding carboxylic acids is 4. The van der Waals surface area contributed by atoms with E-state index in [1.54, 1.807) is 33.8 Å². The number of fused-ring (bicyclic) bond motifs is 3. The Morgan fingerprint density at radius 2 is 1.84 bits per heavy atom. The first-order chi connectivity index (χ1) is 25.9. The Labute approximate surface area is 325 Å². The summed E-state index contributed by atoms with van der Waals surface area (Å²) in [6, 6.07) is 8.38. The van der Waals surface area contributed by atoms with Gasteiger partial charge in [-0.2, -0.15) is 4.98 Å². The number of esters is 1. The van der Waals surface area contributed by atoms with Crippen LogP contribution >= 0.6 is 0 Å². The third kappa shape index (κ3) is 8.86. The second-order valence-electron chi connectivity index (χ2n) is 17.6.